The lowest BCUT2D eigenvalue weighted by Crippen LogP contribution is -2.33. The van der Waals surface area contributed by atoms with Crippen LogP contribution in [0.5, 0.6) is 0 Å². The minimum atomic E-state index is -0.152. The smallest absolute Gasteiger partial charge is 0.274 e. The van der Waals surface area contributed by atoms with E-state index in [1.807, 2.05) is 18.7 Å². The molecule has 1 aromatic heterocycles. The number of nitrogens with zero attached hydrogens (tertiary/aromatic N) is 1. The Labute approximate surface area is 118 Å². The van der Waals surface area contributed by atoms with Crippen molar-refractivity contribution in [3.8, 4) is 0 Å². The Morgan fingerprint density at radius 1 is 1.53 bits per heavy atom. The van der Waals surface area contributed by atoms with Crippen molar-refractivity contribution in [1.82, 2.24) is 15.5 Å². The molecule has 2 atom stereocenters. The number of H-pyrrole nitrogens is 1. The molecular weight excluding hydrogens is 260 g/mol. The van der Waals surface area contributed by atoms with Gasteiger partial charge in [0.25, 0.3) is 5.91 Å². The summed E-state index contributed by atoms with van der Waals surface area (Å²) in [6, 6.07) is 0.262. The maximum atomic E-state index is 12.1. The van der Waals surface area contributed by atoms with Crippen molar-refractivity contribution in [3.63, 3.8) is 0 Å². The third kappa shape index (κ3) is 3.23. The number of aromatic nitrogens is 2. The summed E-state index contributed by atoms with van der Waals surface area (Å²) in [5.74, 6) is 0.984. The van der Waals surface area contributed by atoms with E-state index in [4.69, 9.17) is 5.73 Å². The first kappa shape index (κ1) is 14.2. The SMILES string of the molecule is CCSC1CCC(NC(=O)c2n[nH]c(CC)c2N)C1. The number of amides is 1. The summed E-state index contributed by atoms with van der Waals surface area (Å²) in [5.41, 5.74) is 7.56. The van der Waals surface area contributed by atoms with Crippen LogP contribution < -0.4 is 11.1 Å². The number of aromatic amines is 1. The number of anilines is 1. The number of rotatable bonds is 5. The van der Waals surface area contributed by atoms with Crippen molar-refractivity contribution in [3.05, 3.63) is 11.4 Å². The summed E-state index contributed by atoms with van der Waals surface area (Å²) < 4.78 is 0. The molecule has 0 saturated heterocycles. The summed E-state index contributed by atoms with van der Waals surface area (Å²) in [5, 5.41) is 10.6. The van der Waals surface area contributed by atoms with Crippen LogP contribution in [0.2, 0.25) is 0 Å². The maximum Gasteiger partial charge on any atom is 0.274 e. The predicted octanol–water partition coefficient (Wildman–Crippen LogP) is 1.96. The van der Waals surface area contributed by atoms with Crippen molar-refractivity contribution in [2.24, 2.45) is 0 Å². The molecule has 4 N–H and O–H groups in total. The number of nitrogens with one attached hydrogen (secondary N) is 2. The summed E-state index contributed by atoms with van der Waals surface area (Å²) in [7, 11) is 0. The average Bonchev–Trinajstić information content (AvgIpc) is 2.96. The fourth-order valence-corrected chi connectivity index (χ4v) is 3.68. The van der Waals surface area contributed by atoms with Crippen LogP contribution in [-0.2, 0) is 6.42 Å². The van der Waals surface area contributed by atoms with Crippen LogP contribution in [0.3, 0.4) is 0 Å². The number of thioether (sulfide) groups is 1. The van der Waals surface area contributed by atoms with Gasteiger partial charge in [-0.3, -0.25) is 9.89 Å². The number of carbonyl (C=O) groups excluding carboxylic acids is 1. The average molecular weight is 282 g/mol. The molecule has 106 valence electrons. The highest BCUT2D eigenvalue weighted by Gasteiger charge is 2.27. The summed E-state index contributed by atoms with van der Waals surface area (Å²) >= 11 is 1.98. The van der Waals surface area contributed by atoms with Crippen molar-refractivity contribution < 1.29 is 4.79 Å². The predicted molar refractivity (Wildman–Crippen MR) is 79.4 cm³/mol. The van der Waals surface area contributed by atoms with E-state index in [0.29, 0.717) is 16.6 Å². The van der Waals surface area contributed by atoms with Gasteiger partial charge in [-0.15, -0.1) is 0 Å². The van der Waals surface area contributed by atoms with E-state index < -0.39 is 0 Å². The summed E-state index contributed by atoms with van der Waals surface area (Å²) in [4.78, 5) is 12.1. The van der Waals surface area contributed by atoms with Gasteiger partial charge in [0.05, 0.1) is 11.4 Å². The Kier molecular flexibility index (Phi) is 4.74. The topological polar surface area (TPSA) is 83.8 Å². The van der Waals surface area contributed by atoms with Crippen LogP contribution in [0.1, 0.15) is 49.3 Å². The highest BCUT2D eigenvalue weighted by atomic mass is 32.2. The molecule has 0 aromatic carbocycles. The summed E-state index contributed by atoms with van der Waals surface area (Å²) in [6.45, 7) is 4.16. The summed E-state index contributed by atoms with van der Waals surface area (Å²) in [6.07, 6.45) is 4.04. The van der Waals surface area contributed by atoms with Gasteiger partial charge in [-0.05, 0) is 31.4 Å². The zero-order valence-corrected chi connectivity index (χ0v) is 12.3. The van der Waals surface area contributed by atoms with Crippen molar-refractivity contribution in [1.29, 1.82) is 0 Å². The van der Waals surface area contributed by atoms with Crippen LogP contribution >= 0.6 is 11.8 Å². The molecule has 2 rings (SSSR count). The Hall–Kier alpha value is -1.17. The first-order valence-corrected chi connectivity index (χ1v) is 7.95. The number of carbonyl (C=O) groups is 1. The van der Waals surface area contributed by atoms with Gasteiger partial charge in [0.2, 0.25) is 0 Å². The molecule has 1 saturated carbocycles. The van der Waals surface area contributed by atoms with Crippen LogP contribution in [0.15, 0.2) is 0 Å². The van der Waals surface area contributed by atoms with Gasteiger partial charge >= 0.3 is 0 Å². The Bertz CT molecular complexity index is 446. The molecule has 0 radical (unpaired) electrons. The quantitative estimate of drug-likeness (QED) is 0.771. The fourth-order valence-electron chi connectivity index (χ4n) is 2.54. The fraction of sp³-hybridized carbons (Fsp3) is 0.692. The number of hydrogen-bond donors (Lipinski definition) is 3. The van der Waals surface area contributed by atoms with Gasteiger partial charge in [0, 0.05) is 11.3 Å². The van der Waals surface area contributed by atoms with E-state index in [1.54, 1.807) is 0 Å². The molecule has 6 heteroatoms. The van der Waals surface area contributed by atoms with E-state index in [0.717, 1.165) is 30.7 Å². The first-order chi connectivity index (χ1) is 9.15. The zero-order chi connectivity index (χ0) is 13.8. The van der Waals surface area contributed by atoms with Crippen LogP contribution in [0.4, 0.5) is 5.69 Å². The van der Waals surface area contributed by atoms with E-state index in [9.17, 15) is 4.79 Å². The number of aryl methyl sites for hydroxylation is 1. The molecule has 19 heavy (non-hydrogen) atoms. The number of nitrogen functional groups attached to an aromatic ring is 1. The molecule has 0 spiro atoms. The zero-order valence-electron chi connectivity index (χ0n) is 11.5. The molecule has 1 aliphatic rings. The van der Waals surface area contributed by atoms with Crippen molar-refractivity contribution in [2.45, 2.75) is 50.8 Å². The second-order valence-electron chi connectivity index (χ2n) is 4.88. The minimum Gasteiger partial charge on any atom is -0.395 e. The first-order valence-electron chi connectivity index (χ1n) is 6.90. The van der Waals surface area contributed by atoms with Gasteiger partial charge in [-0.25, -0.2) is 0 Å². The van der Waals surface area contributed by atoms with Gasteiger partial charge in [0.1, 0.15) is 0 Å². The second-order valence-corrected chi connectivity index (χ2v) is 6.46. The number of hydrogen-bond acceptors (Lipinski definition) is 4. The van der Waals surface area contributed by atoms with Gasteiger partial charge < -0.3 is 11.1 Å². The van der Waals surface area contributed by atoms with Crippen molar-refractivity contribution in [2.75, 3.05) is 11.5 Å². The highest BCUT2D eigenvalue weighted by Crippen LogP contribution is 2.30. The van der Waals surface area contributed by atoms with Crippen LogP contribution in [0.25, 0.3) is 0 Å². The lowest BCUT2D eigenvalue weighted by molar-refractivity contribution is 0.0934. The molecule has 2 unspecified atom stereocenters. The van der Waals surface area contributed by atoms with E-state index in [-0.39, 0.29) is 11.9 Å². The molecular formula is C13H22N4OS. The lowest BCUT2D eigenvalue weighted by Gasteiger charge is -2.12. The van der Waals surface area contributed by atoms with E-state index in [2.05, 4.69) is 22.4 Å². The van der Waals surface area contributed by atoms with Crippen molar-refractivity contribution >= 4 is 23.4 Å². The van der Waals surface area contributed by atoms with Gasteiger partial charge in [-0.1, -0.05) is 13.8 Å². The minimum absolute atomic E-state index is 0.152. The van der Waals surface area contributed by atoms with Gasteiger partial charge in [-0.2, -0.15) is 16.9 Å². The standard InChI is InChI=1S/C13H22N4OS/c1-3-10-11(14)12(17-16-10)13(18)15-8-5-6-9(7-8)19-4-2/h8-9H,3-7,14H2,1-2H3,(H,15,18)(H,16,17). The Balaban J connectivity index is 1.92. The van der Waals surface area contributed by atoms with Crippen LogP contribution in [-0.4, -0.2) is 33.1 Å². The molecule has 5 nitrogen and oxygen atoms in total. The monoisotopic (exact) mass is 282 g/mol. The highest BCUT2D eigenvalue weighted by molar-refractivity contribution is 7.99. The third-order valence-electron chi connectivity index (χ3n) is 3.57. The molecule has 1 amide bonds. The Morgan fingerprint density at radius 2 is 2.32 bits per heavy atom. The number of nitrogens with two attached hydrogens (primary N) is 1. The normalized spacial score (nSPS) is 22.6. The third-order valence-corrected chi connectivity index (χ3v) is 4.81. The molecule has 1 fully saturated rings. The van der Waals surface area contributed by atoms with E-state index in [1.165, 1.54) is 6.42 Å². The molecule has 0 bridgehead atoms. The largest absolute Gasteiger partial charge is 0.395 e. The second kappa shape index (κ2) is 6.32. The molecule has 1 aromatic rings. The lowest BCUT2D eigenvalue weighted by atomic mass is 10.2. The van der Waals surface area contributed by atoms with Gasteiger partial charge in [0.15, 0.2) is 5.69 Å². The van der Waals surface area contributed by atoms with E-state index >= 15 is 0 Å². The Morgan fingerprint density at radius 3 is 2.95 bits per heavy atom. The van der Waals surface area contributed by atoms with Crippen LogP contribution in [0, 0.1) is 0 Å². The maximum absolute atomic E-state index is 12.1. The molecule has 1 heterocycles. The molecule has 0 aliphatic heterocycles. The molecule has 1 aliphatic carbocycles.